The van der Waals surface area contributed by atoms with Crippen molar-refractivity contribution >= 4 is 11.9 Å². The molecular formula is C18H25FO4. The first kappa shape index (κ1) is 19.1. The van der Waals surface area contributed by atoms with E-state index >= 15 is 0 Å². The minimum Gasteiger partial charge on any atom is -0.462 e. The van der Waals surface area contributed by atoms with E-state index < -0.39 is 11.8 Å². The third-order valence-electron chi connectivity index (χ3n) is 3.40. The van der Waals surface area contributed by atoms with Gasteiger partial charge in [0.2, 0.25) is 0 Å². The molecule has 1 rings (SSSR count). The molecule has 0 fully saturated rings. The predicted molar refractivity (Wildman–Crippen MR) is 85.4 cm³/mol. The predicted octanol–water partition coefficient (Wildman–Crippen LogP) is 4.13. The van der Waals surface area contributed by atoms with E-state index in [1.54, 1.807) is 6.07 Å². The standard InChI is InChI=1S/C18H25FO4/c1-12(2)18(13(3)4)23-17(21)11-7-10-16(20)22-15-9-6-5-8-14(15)19/h5-6,8-9,12-13,18H,7,10-11H2,1-4H3. The summed E-state index contributed by atoms with van der Waals surface area (Å²) in [7, 11) is 0. The van der Waals surface area contributed by atoms with Gasteiger partial charge in [-0.25, -0.2) is 4.39 Å². The molecule has 0 unspecified atom stereocenters. The van der Waals surface area contributed by atoms with Crippen molar-refractivity contribution in [3.63, 3.8) is 0 Å². The van der Waals surface area contributed by atoms with Crippen LogP contribution in [0.2, 0.25) is 0 Å². The molecule has 0 aromatic heterocycles. The molecule has 128 valence electrons. The maximum absolute atomic E-state index is 13.3. The second-order valence-electron chi connectivity index (χ2n) is 6.20. The van der Waals surface area contributed by atoms with E-state index in [9.17, 15) is 14.0 Å². The molecule has 0 N–H and O–H groups in total. The second-order valence-corrected chi connectivity index (χ2v) is 6.20. The van der Waals surface area contributed by atoms with Crippen molar-refractivity contribution in [1.29, 1.82) is 0 Å². The Kier molecular flexibility index (Phi) is 7.72. The van der Waals surface area contributed by atoms with Crippen LogP contribution in [0.25, 0.3) is 0 Å². The summed E-state index contributed by atoms with van der Waals surface area (Å²) in [6.07, 6.45) is 0.363. The minimum absolute atomic E-state index is 0.0391. The number of halogens is 1. The number of rotatable bonds is 8. The van der Waals surface area contributed by atoms with Crippen LogP contribution >= 0.6 is 0 Å². The van der Waals surface area contributed by atoms with Gasteiger partial charge in [-0.05, 0) is 30.4 Å². The van der Waals surface area contributed by atoms with Gasteiger partial charge in [0, 0.05) is 12.8 Å². The Morgan fingerprint density at radius 2 is 1.57 bits per heavy atom. The van der Waals surface area contributed by atoms with Crippen LogP contribution in [0.15, 0.2) is 24.3 Å². The van der Waals surface area contributed by atoms with Gasteiger partial charge in [0.25, 0.3) is 0 Å². The average molecular weight is 324 g/mol. The van der Waals surface area contributed by atoms with E-state index in [4.69, 9.17) is 9.47 Å². The maximum Gasteiger partial charge on any atom is 0.311 e. The molecule has 0 bridgehead atoms. The van der Waals surface area contributed by atoms with E-state index in [1.165, 1.54) is 18.2 Å². The summed E-state index contributed by atoms with van der Waals surface area (Å²) in [5, 5.41) is 0. The summed E-state index contributed by atoms with van der Waals surface area (Å²) in [6.45, 7) is 8.01. The van der Waals surface area contributed by atoms with Gasteiger partial charge in [0.1, 0.15) is 6.10 Å². The van der Waals surface area contributed by atoms with Crippen LogP contribution in [0.1, 0.15) is 47.0 Å². The van der Waals surface area contributed by atoms with Gasteiger partial charge in [-0.1, -0.05) is 39.8 Å². The zero-order chi connectivity index (χ0) is 17.4. The highest BCUT2D eigenvalue weighted by Crippen LogP contribution is 2.18. The van der Waals surface area contributed by atoms with Crippen LogP contribution in [-0.2, 0) is 14.3 Å². The number of carbonyl (C=O) groups excluding carboxylic acids is 2. The molecule has 0 aliphatic heterocycles. The molecule has 0 amide bonds. The lowest BCUT2D eigenvalue weighted by Crippen LogP contribution is -2.28. The van der Waals surface area contributed by atoms with Gasteiger partial charge < -0.3 is 9.47 Å². The van der Waals surface area contributed by atoms with Crippen LogP contribution in [0.4, 0.5) is 4.39 Å². The lowest BCUT2D eigenvalue weighted by Gasteiger charge is -2.24. The zero-order valence-electron chi connectivity index (χ0n) is 14.2. The number of esters is 2. The summed E-state index contributed by atoms with van der Waals surface area (Å²) in [4.78, 5) is 23.5. The number of hydrogen-bond donors (Lipinski definition) is 0. The lowest BCUT2D eigenvalue weighted by molar-refractivity contribution is -0.154. The SMILES string of the molecule is CC(C)C(OC(=O)CCCC(=O)Oc1ccccc1F)C(C)C. The van der Waals surface area contributed by atoms with Crippen molar-refractivity contribution in [1.82, 2.24) is 0 Å². The molecule has 23 heavy (non-hydrogen) atoms. The Morgan fingerprint density at radius 1 is 1.00 bits per heavy atom. The van der Waals surface area contributed by atoms with E-state index in [1.807, 2.05) is 27.7 Å². The van der Waals surface area contributed by atoms with Crippen molar-refractivity contribution in [3.05, 3.63) is 30.1 Å². The molecule has 0 aliphatic carbocycles. The van der Waals surface area contributed by atoms with Gasteiger partial charge in [-0.3, -0.25) is 9.59 Å². The molecule has 1 aromatic carbocycles. The Balaban J connectivity index is 2.34. The van der Waals surface area contributed by atoms with Gasteiger partial charge in [-0.15, -0.1) is 0 Å². The molecule has 0 spiro atoms. The highest BCUT2D eigenvalue weighted by Gasteiger charge is 2.21. The lowest BCUT2D eigenvalue weighted by atomic mass is 9.96. The number of hydrogen-bond acceptors (Lipinski definition) is 4. The second kappa shape index (κ2) is 9.28. The van der Waals surface area contributed by atoms with Crippen molar-refractivity contribution in [2.75, 3.05) is 0 Å². The highest BCUT2D eigenvalue weighted by molar-refractivity contribution is 5.74. The third kappa shape index (κ3) is 6.80. The van der Waals surface area contributed by atoms with Crippen LogP contribution in [0.3, 0.4) is 0 Å². The molecule has 0 heterocycles. The summed E-state index contributed by atoms with van der Waals surface area (Å²) in [6, 6.07) is 5.71. The topological polar surface area (TPSA) is 52.6 Å². The quantitative estimate of drug-likeness (QED) is 0.533. The van der Waals surface area contributed by atoms with E-state index in [0.29, 0.717) is 6.42 Å². The van der Waals surface area contributed by atoms with Crippen LogP contribution in [0.5, 0.6) is 5.75 Å². The first-order chi connectivity index (χ1) is 10.8. The van der Waals surface area contributed by atoms with Crippen LogP contribution < -0.4 is 4.74 Å². The first-order valence-corrected chi connectivity index (χ1v) is 7.96. The summed E-state index contributed by atoms with van der Waals surface area (Å²) >= 11 is 0. The maximum atomic E-state index is 13.3. The molecular weight excluding hydrogens is 299 g/mol. The normalized spacial score (nSPS) is 11.1. The number of benzene rings is 1. The minimum atomic E-state index is -0.586. The zero-order valence-corrected chi connectivity index (χ0v) is 14.2. The van der Waals surface area contributed by atoms with Crippen molar-refractivity contribution in [2.24, 2.45) is 11.8 Å². The van der Waals surface area contributed by atoms with Crippen molar-refractivity contribution in [2.45, 2.75) is 53.1 Å². The van der Waals surface area contributed by atoms with Gasteiger partial charge in [0.15, 0.2) is 11.6 Å². The van der Waals surface area contributed by atoms with E-state index in [0.717, 1.165) is 0 Å². The molecule has 0 aliphatic rings. The van der Waals surface area contributed by atoms with Crippen LogP contribution in [-0.4, -0.2) is 18.0 Å². The summed E-state index contributed by atoms with van der Waals surface area (Å²) in [5.74, 6) is -1.09. The molecule has 5 heteroatoms. The van der Waals surface area contributed by atoms with Gasteiger partial charge in [-0.2, -0.15) is 0 Å². The Hall–Kier alpha value is -1.91. The first-order valence-electron chi connectivity index (χ1n) is 7.96. The molecule has 1 aromatic rings. The smallest absolute Gasteiger partial charge is 0.311 e. The number of ether oxygens (including phenoxy) is 2. The average Bonchev–Trinajstić information content (AvgIpc) is 2.46. The van der Waals surface area contributed by atoms with Gasteiger partial charge >= 0.3 is 11.9 Å². The molecule has 0 radical (unpaired) electrons. The molecule has 0 atom stereocenters. The summed E-state index contributed by atoms with van der Waals surface area (Å²) in [5.41, 5.74) is 0. The molecule has 0 saturated carbocycles. The van der Waals surface area contributed by atoms with E-state index in [2.05, 4.69) is 0 Å². The Bertz CT molecular complexity index is 518. The number of para-hydroxylation sites is 1. The van der Waals surface area contributed by atoms with E-state index in [-0.39, 0.29) is 42.5 Å². The fourth-order valence-electron chi connectivity index (χ4n) is 2.33. The number of carbonyl (C=O) groups is 2. The third-order valence-corrected chi connectivity index (χ3v) is 3.40. The Labute approximate surface area is 137 Å². The molecule has 4 nitrogen and oxygen atoms in total. The molecule has 0 saturated heterocycles. The fraction of sp³-hybridized carbons (Fsp3) is 0.556. The Morgan fingerprint density at radius 3 is 2.13 bits per heavy atom. The largest absolute Gasteiger partial charge is 0.462 e. The summed E-state index contributed by atoms with van der Waals surface area (Å²) < 4.78 is 23.7. The van der Waals surface area contributed by atoms with Gasteiger partial charge in [0.05, 0.1) is 0 Å². The van der Waals surface area contributed by atoms with Crippen molar-refractivity contribution < 1.29 is 23.5 Å². The van der Waals surface area contributed by atoms with Crippen molar-refractivity contribution in [3.8, 4) is 5.75 Å². The monoisotopic (exact) mass is 324 g/mol. The fourth-order valence-corrected chi connectivity index (χ4v) is 2.33. The highest BCUT2D eigenvalue weighted by atomic mass is 19.1. The van der Waals surface area contributed by atoms with Crippen LogP contribution in [0, 0.1) is 17.7 Å².